The summed E-state index contributed by atoms with van der Waals surface area (Å²) in [5, 5.41) is 0. The van der Waals surface area contributed by atoms with Crippen LogP contribution in [0.25, 0.3) is 22.5 Å². The van der Waals surface area contributed by atoms with Crippen LogP contribution in [0.5, 0.6) is 0 Å². The topological polar surface area (TPSA) is 25.8 Å². The van der Waals surface area contributed by atoms with E-state index in [4.69, 9.17) is 9.97 Å². The number of pyridine rings is 2. The van der Waals surface area contributed by atoms with Gasteiger partial charge in [-0.15, -0.1) is 70.3 Å². The molecule has 0 spiro atoms. The van der Waals surface area contributed by atoms with Gasteiger partial charge in [0, 0.05) is 22.2 Å². The Kier molecular flexibility index (Phi) is 5.71. The van der Waals surface area contributed by atoms with Crippen LogP contribution in [0.1, 0.15) is 55.8 Å². The van der Waals surface area contributed by atoms with Crippen molar-refractivity contribution in [2.75, 3.05) is 0 Å². The fraction of sp³-hybridized carbons (Fsp3) is 0.241. The number of benzene rings is 2. The van der Waals surface area contributed by atoms with E-state index in [-0.39, 0.29) is 31.9 Å². The van der Waals surface area contributed by atoms with Crippen molar-refractivity contribution in [2.24, 2.45) is 0 Å². The fourth-order valence-corrected chi connectivity index (χ4v) is 4.31. The Morgan fingerprint density at radius 1 is 0.625 bits per heavy atom. The van der Waals surface area contributed by atoms with E-state index < -0.39 is 0 Å². The summed E-state index contributed by atoms with van der Waals surface area (Å²) in [5.74, 6) is 0. The summed E-state index contributed by atoms with van der Waals surface area (Å²) >= 11 is 0. The summed E-state index contributed by atoms with van der Waals surface area (Å²) in [6.45, 7) is 11.0. The van der Waals surface area contributed by atoms with Crippen LogP contribution >= 0.6 is 0 Å². The Morgan fingerprint density at radius 3 is 1.81 bits per heavy atom. The second kappa shape index (κ2) is 8.09. The Morgan fingerprint density at radius 2 is 1.16 bits per heavy atom. The van der Waals surface area contributed by atoms with Crippen molar-refractivity contribution in [3.05, 3.63) is 107 Å². The number of nitrogens with zero attached hydrogens (tertiary/aromatic N) is 2. The molecule has 0 atom stereocenters. The minimum absolute atomic E-state index is 0. The molecular weight excluding hydrogens is 571 g/mol. The van der Waals surface area contributed by atoms with Crippen molar-refractivity contribution in [1.29, 1.82) is 0 Å². The summed E-state index contributed by atoms with van der Waals surface area (Å²) in [4.78, 5) is 10.2. The first-order valence-corrected chi connectivity index (χ1v) is 10.8. The average molecular weight is 598 g/mol. The van der Waals surface area contributed by atoms with Gasteiger partial charge < -0.3 is 9.97 Å². The number of rotatable bonds is 0. The molecule has 1 aliphatic heterocycles. The minimum Gasteiger partial charge on any atom is -0.300 e. The summed E-state index contributed by atoms with van der Waals surface area (Å²) in [7, 11) is 0. The molecule has 2 aromatic heterocycles. The number of hydrogen-bond acceptors (Lipinski definition) is 2. The van der Waals surface area contributed by atoms with Gasteiger partial charge in [0.2, 0.25) is 0 Å². The van der Waals surface area contributed by atoms with Crippen LogP contribution in [0.3, 0.4) is 0 Å². The molecule has 0 saturated heterocycles. The molecule has 32 heavy (non-hydrogen) atoms. The molecule has 0 unspecified atom stereocenters. The Labute approximate surface area is 205 Å². The van der Waals surface area contributed by atoms with E-state index in [0.717, 1.165) is 45.0 Å². The third kappa shape index (κ3) is 3.75. The number of aryl methyl sites for hydroxylation is 1. The Hall–Kier alpha value is -2.57. The maximum absolute atomic E-state index is 5.09. The monoisotopic (exact) mass is 597 g/mol. The van der Waals surface area contributed by atoms with E-state index in [1.165, 1.54) is 5.56 Å². The molecule has 3 heterocycles. The van der Waals surface area contributed by atoms with Crippen LogP contribution in [-0.4, -0.2) is 9.97 Å². The zero-order chi connectivity index (χ0) is 21.8. The van der Waals surface area contributed by atoms with Gasteiger partial charge in [-0.3, -0.25) is 0 Å². The normalized spacial score (nSPS) is 15.3. The van der Waals surface area contributed by atoms with E-state index in [0.29, 0.717) is 0 Å². The summed E-state index contributed by atoms with van der Waals surface area (Å²) < 4.78 is 0. The van der Waals surface area contributed by atoms with Crippen molar-refractivity contribution in [2.45, 2.75) is 45.4 Å². The van der Waals surface area contributed by atoms with Gasteiger partial charge >= 0.3 is 21.1 Å². The first-order chi connectivity index (χ1) is 14.7. The fourth-order valence-electron chi connectivity index (χ4n) is 4.31. The van der Waals surface area contributed by atoms with Crippen LogP contribution in [0, 0.1) is 19.1 Å². The van der Waals surface area contributed by atoms with Gasteiger partial charge in [0.25, 0.3) is 0 Å². The van der Waals surface area contributed by atoms with E-state index in [2.05, 4.69) is 113 Å². The quantitative estimate of drug-likeness (QED) is 0.212. The molecule has 0 aliphatic carbocycles. The molecule has 1 aliphatic rings. The minimum atomic E-state index is -0.296. The Balaban J connectivity index is 0.00000245. The molecule has 3 heteroatoms. The van der Waals surface area contributed by atoms with Crippen LogP contribution in [0.15, 0.2) is 66.7 Å². The first kappa shape index (κ1) is 22.6. The van der Waals surface area contributed by atoms with Crippen LogP contribution < -0.4 is 0 Å². The molecular formula is C29H26N2Pt. The average Bonchev–Trinajstić information content (AvgIpc) is 2.78. The summed E-state index contributed by atoms with van der Waals surface area (Å²) in [5.41, 5.74) is 8.79. The molecule has 0 radical (unpaired) electrons. The third-order valence-corrected chi connectivity index (χ3v) is 6.49. The number of aromatic nitrogens is 2. The molecule has 0 saturated carbocycles. The second-order valence-corrected chi connectivity index (χ2v) is 9.53. The third-order valence-electron chi connectivity index (χ3n) is 6.49. The zero-order valence-electron chi connectivity index (χ0n) is 19.1. The second-order valence-electron chi connectivity index (χ2n) is 9.53. The standard InChI is InChI=1S/C29H26N2.Pt/c1-19-15-21-18-23(16-19)29(4,5)27-14-7-11-24(30-27)20-9-6-10-22(17-20)28(2,3)26-13-8-12-25(21)31-26;/h6-16H,1-5H3;/q-2;+2. The van der Waals surface area contributed by atoms with Gasteiger partial charge in [0.05, 0.1) is 0 Å². The van der Waals surface area contributed by atoms with Crippen LogP contribution in [0.2, 0.25) is 0 Å². The molecule has 0 amide bonds. The van der Waals surface area contributed by atoms with Crippen molar-refractivity contribution in [1.82, 2.24) is 9.97 Å². The van der Waals surface area contributed by atoms with Gasteiger partial charge in [-0.05, 0) is 23.5 Å². The maximum atomic E-state index is 5.09. The molecule has 8 bridgehead atoms. The number of hydrogen-bond donors (Lipinski definition) is 0. The van der Waals surface area contributed by atoms with E-state index in [1.54, 1.807) is 0 Å². The van der Waals surface area contributed by atoms with Crippen molar-refractivity contribution < 1.29 is 21.1 Å². The molecule has 0 N–H and O–H groups in total. The smallest absolute Gasteiger partial charge is 0.300 e. The number of fused-ring (bicyclic) bond motifs is 10. The molecule has 162 valence electrons. The maximum Gasteiger partial charge on any atom is 2.00 e. The predicted molar refractivity (Wildman–Crippen MR) is 126 cm³/mol. The molecule has 2 aromatic carbocycles. The van der Waals surface area contributed by atoms with Crippen molar-refractivity contribution in [3.8, 4) is 22.5 Å². The van der Waals surface area contributed by atoms with Gasteiger partial charge in [-0.25, -0.2) is 0 Å². The molecule has 5 rings (SSSR count). The molecule has 0 fully saturated rings. The van der Waals surface area contributed by atoms with Gasteiger partial charge in [0.1, 0.15) is 0 Å². The van der Waals surface area contributed by atoms with E-state index in [9.17, 15) is 0 Å². The largest absolute Gasteiger partial charge is 2.00 e. The SMILES string of the molecule is Cc1cc2[c-]c(c1)C(C)(C)c1cccc(n1)-c1[c-]c(ccc1)C(C)(C)c1cccc-2n1.[Pt+2]. The van der Waals surface area contributed by atoms with Crippen LogP contribution in [-0.2, 0) is 31.9 Å². The van der Waals surface area contributed by atoms with Gasteiger partial charge in [-0.2, -0.15) is 0 Å². The predicted octanol–water partition coefficient (Wildman–Crippen LogP) is 6.68. The summed E-state index contributed by atoms with van der Waals surface area (Å²) in [6.07, 6.45) is 0. The molecule has 4 aromatic rings. The van der Waals surface area contributed by atoms with Gasteiger partial charge in [0.15, 0.2) is 0 Å². The van der Waals surface area contributed by atoms with E-state index in [1.807, 2.05) is 0 Å². The molecule has 2 nitrogen and oxygen atoms in total. The van der Waals surface area contributed by atoms with Crippen molar-refractivity contribution in [3.63, 3.8) is 0 Å². The van der Waals surface area contributed by atoms with E-state index >= 15 is 0 Å². The Bertz CT molecular complexity index is 1300. The first-order valence-electron chi connectivity index (χ1n) is 10.8. The summed E-state index contributed by atoms with van der Waals surface area (Å²) in [6, 6.07) is 30.6. The van der Waals surface area contributed by atoms with Gasteiger partial charge in [-0.1, -0.05) is 58.9 Å². The van der Waals surface area contributed by atoms with Crippen molar-refractivity contribution >= 4 is 0 Å². The zero-order valence-corrected chi connectivity index (χ0v) is 21.3. The van der Waals surface area contributed by atoms with Crippen LogP contribution in [0.4, 0.5) is 0 Å².